The van der Waals surface area contributed by atoms with E-state index in [1.54, 1.807) is 12.0 Å². The van der Waals surface area contributed by atoms with E-state index in [0.717, 1.165) is 16.2 Å². The fourth-order valence-corrected chi connectivity index (χ4v) is 5.64. The van der Waals surface area contributed by atoms with E-state index >= 15 is 0 Å². The summed E-state index contributed by atoms with van der Waals surface area (Å²) in [7, 11) is -1.44. The summed E-state index contributed by atoms with van der Waals surface area (Å²) < 4.78 is 29.0. The highest BCUT2D eigenvalue weighted by molar-refractivity contribution is 8.00. The molecule has 0 N–H and O–H groups in total. The van der Waals surface area contributed by atoms with Crippen LogP contribution in [0.2, 0.25) is 0 Å². The topological polar surface area (TPSA) is 63.7 Å². The summed E-state index contributed by atoms with van der Waals surface area (Å²) in [5, 5.41) is 0. The monoisotopic (exact) mass is 405 g/mol. The van der Waals surface area contributed by atoms with Crippen LogP contribution in [-0.2, 0) is 21.2 Å². The molecule has 1 aliphatic heterocycles. The molecule has 1 amide bonds. The zero-order valence-corrected chi connectivity index (χ0v) is 16.8. The summed E-state index contributed by atoms with van der Waals surface area (Å²) in [4.78, 5) is 15.6. The van der Waals surface area contributed by atoms with Crippen LogP contribution in [0.4, 0.5) is 0 Å². The number of sulfone groups is 1. The quantitative estimate of drug-likeness (QED) is 0.663. The van der Waals surface area contributed by atoms with Crippen molar-refractivity contribution in [2.24, 2.45) is 0 Å². The molecule has 5 nitrogen and oxygen atoms in total. The summed E-state index contributed by atoms with van der Waals surface area (Å²) in [5.74, 6) is 1.21. The van der Waals surface area contributed by atoms with Gasteiger partial charge in [0.05, 0.1) is 24.4 Å². The predicted octanol–water partition coefficient (Wildman–Crippen LogP) is 3.00. The lowest BCUT2D eigenvalue weighted by Gasteiger charge is -2.28. The van der Waals surface area contributed by atoms with Crippen molar-refractivity contribution in [1.29, 1.82) is 0 Å². The largest absolute Gasteiger partial charge is 0.497 e. The lowest BCUT2D eigenvalue weighted by atomic mass is 10.1. The standard InChI is InChI=1S/C20H23NO4S2/c1-25-18-7-9-19(10-8-18)26-14-20(22)21(13-16-5-3-2-4-6-16)17-11-12-27(23,24)15-17/h2-10,17H,11-15H2,1H3/t17-/m0/s1. The van der Waals surface area contributed by atoms with E-state index in [1.165, 1.54) is 11.8 Å². The second-order valence-electron chi connectivity index (χ2n) is 6.53. The molecule has 27 heavy (non-hydrogen) atoms. The molecular weight excluding hydrogens is 382 g/mol. The van der Waals surface area contributed by atoms with Crippen LogP contribution in [0.15, 0.2) is 59.5 Å². The average Bonchev–Trinajstić information content (AvgIpc) is 3.05. The third kappa shape index (κ3) is 5.49. The van der Waals surface area contributed by atoms with Crippen molar-refractivity contribution >= 4 is 27.5 Å². The molecule has 1 fully saturated rings. The van der Waals surface area contributed by atoms with Gasteiger partial charge in [-0.05, 0) is 36.2 Å². The minimum Gasteiger partial charge on any atom is -0.497 e. The van der Waals surface area contributed by atoms with Gasteiger partial charge in [0.15, 0.2) is 9.84 Å². The first-order valence-electron chi connectivity index (χ1n) is 8.77. The van der Waals surface area contributed by atoms with Gasteiger partial charge in [-0.15, -0.1) is 11.8 Å². The molecule has 2 aromatic carbocycles. The van der Waals surface area contributed by atoms with Gasteiger partial charge in [0, 0.05) is 17.5 Å². The van der Waals surface area contributed by atoms with Gasteiger partial charge in [0.1, 0.15) is 5.75 Å². The summed E-state index contributed by atoms with van der Waals surface area (Å²) in [6, 6.07) is 17.0. The van der Waals surface area contributed by atoms with Crippen molar-refractivity contribution in [1.82, 2.24) is 4.90 Å². The number of carbonyl (C=O) groups is 1. The molecule has 0 aliphatic carbocycles. The summed E-state index contributed by atoms with van der Waals surface area (Å²) in [6.07, 6.45) is 0.508. The molecule has 0 aromatic heterocycles. The SMILES string of the molecule is COc1ccc(SCC(=O)N(Cc2ccccc2)[C@H]2CCS(=O)(=O)C2)cc1. The molecule has 0 saturated carbocycles. The lowest BCUT2D eigenvalue weighted by molar-refractivity contribution is -0.130. The Morgan fingerprint density at radius 1 is 1.15 bits per heavy atom. The second-order valence-corrected chi connectivity index (χ2v) is 9.81. The third-order valence-electron chi connectivity index (χ3n) is 4.59. The first-order valence-corrected chi connectivity index (χ1v) is 11.6. The molecule has 0 spiro atoms. The highest BCUT2D eigenvalue weighted by Crippen LogP contribution is 2.25. The Labute approximate surface area is 164 Å². The maximum atomic E-state index is 12.9. The normalized spacial score (nSPS) is 18.2. The van der Waals surface area contributed by atoms with Gasteiger partial charge in [-0.2, -0.15) is 0 Å². The summed E-state index contributed by atoms with van der Waals surface area (Å²) >= 11 is 1.45. The van der Waals surface area contributed by atoms with E-state index in [-0.39, 0.29) is 29.2 Å². The number of thioether (sulfide) groups is 1. The van der Waals surface area contributed by atoms with E-state index in [1.807, 2.05) is 54.6 Å². The highest BCUT2D eigenvalue weighted by atomic mass is 32.2. The van der Waals surface area contributed by atoms with E-state index in [9.17, 15) is 13.2 Å². The van der Waals surface area contributed by atoms with E-state index in [4.69, 9.17) is 4.74 Å². The molecule has 2 aromatic rings. The number of rotatable bonds is 7. The van der Waals surface area contributed by atoms with Gasteiger partial charge >= 0.3 is 0 Å². The van der Waals surface area contributed by atoms with Gasteiger partial charge in [-0.3, -0.25) is 4.79 Å². The smallest absolute Gasteiger partial charge is 0.233 e. The predicted molar refractivity (Wildman–Crippen MR) is 108 cm³/mol. The third-order valence-corrected chi connectivity index (χ3v) is 7.33. The average molecular weight is 406 g/mol. The number of hydrogen-bond acceptors (Lipinski definition) is 5. The van der Waals surface area contributed by atoms with Crippen LogP contribution in [0.3, 0.4) is 0 Å². The van der Waals surface area contributed by atoms with Crippen LogP contribution in [0.25, 0.3) is 0 Å². The highest BCUT2D eigenvalue weighted by Gasteiger charge is 2.34. The first-order chi connectivity index (χ1) is 13.0. The maximum absolute atomic E-state index is 12.9. The Kier molecular flexibility index (Phi) is 6.44. The molecular formula is C20H23NO4S2. The maximum Gasteiger partial charge on any atom is 0.233 e. The van der Waals surface area contributed by atoms with Gasteiger partial charge in [-0.25, -0.2) is 8.42 Å². The zero-order valence-electron chi connectivity index (χ0n) is 15.2. The van der Waals surface area contributed by atoms with E-state index < -0.39 is 9.84 Å². The van der Waals surface area contributed by atoms with Crippen molar-refractivity contribution in [2.75, 3.05) is 24.4 Å². The summed E-state index contributed by atoms with van der Waals surface area (Å²) in [5.41, 5.74) is 1.00. The lowest BCUT2D eigenvalue weighted by Crippen LogP contribution is -2.41. The van der Waals surface area contributed by atoms with Crippen molar-refractivity contribution in [2.45, 2.75) is 23.9 Å². The van der Waals surface area contributed by atoms with Gasteiger partial charge < -0.3 is 9.64 Å². The van der Waals surface area contributed by atoms with Crippen LogP contribution in [0.5, 0.6) is 5.75 Å². The number of nitrogens with zero attached hydrogens (tertiary/aromatic N) is 1. The van der Waals surface area contributed by atoms with Gasteiger partial charge in [0.25, 0.3) is 0 Å². The number of amides is 1. The molecule has 3 rings (SSSR count). The molecule has 144 valence electrons. The zero-order chi connectivity index (χ0) is 19.3. The minimum absolute atomic E-state index is 0.0400. The molecule has 0 bridgehead atoms. The number of methoxy groups -OCH3 is 1. The fraction of sp³-hybridized carbons (Fsp3) is 0.350. The van der Waals surface area contributed by atoms with Crippen LogP contribution >= 0.6 is 11.8 Å². The van der Waals surface area contributed by atoms with Crippen LogP contribution in [-0.4, -0.2) is 49.6 Å². The molecule has 1 aliphatic rings. The Bertz CT molecular complexity index is 867. The number of benzene rings is 2. The van der Waals surface area contributed by atoms with Crippen LogP contribution in [0.1, 0.15) is 12.0 Å². The number of hydrogen-bond donors (Lipinski definition) is 0. The molecule has 0 radical (unpaired) electrons. The van der Waals surface area contributed by atoms with Crippen molar-refractivity contribution in [3.8, 4) is 5.75 Å². The van der Waals surface area contributed by atoms with Crippen molar-refractivity contribution in [3.63, 3.8) is 0 Å². The Balaban J connectivity index is 1.69. The molecule has 7 heteroatoms. The summed E-state index contributed by atoms with van der Waals surface area (Å²) in [6.45, 7) is 0.434. The number of carbonyl (C=O) groups excluding carboxylic acids is 1. The van der Waals surface area contributed by atoms with Gasteiger partial charge in [-0.1, -0.05) is 30.3 Å². The second kappa shape index (κ2) is 8.80. The van der Waals surface area contributed by atoms with Crippen LogP contribution < -0.4 is 4.74 Å². The molecule has 1 saturated heterocycles. The Morgan fingerprint density at radius 3 is 2.44 bits per heavy atom. The van der Waals surface area contributed by atoms with E-state index in [2.05, 4.69) is 0 Å². The molecule has 0 unspecified atom stereocenters. The van der Waals surface area contributed by atoms with Crippen molar-refractivity contribution < 1.29 is 17.9 Å². The van der Waals surface area contributed by atoms with Gasteiger partial charge in [0.2, 0.25) is 5.91 Å². The van der Waals surface area contributed by atoms with Crippen LogP contribution in [0, 0.1) is 0 Å². The fourth-order valence-electron chi connectivity index (χ4n) is 3.12. The Morgan fingerprint density at radius 2 is 1.85 bits per heavy atom. The minimum atomic E-state index is -3.06. The number of ether oxygens (including phenoxy) is 1. The van der Waals surface area contributed by atoms with Crippen molar-refractivity contribution in [3.05, 3.63) is 60.2 Å². The first kappa shape index (κ1) is 19.8. The molecule has 1 atom stereocenters. The molecule has 1 heterocycles. The van der Waals surface area contributed by atoms with E-state index in [0.29, 0.717) is 13.0 Å². The Hall–Kier alpha value is -1.99.